The number of hydrogen-bond donors (Lipinski definition) is 1. The molecule has 1 aliphatic heterocycles. The largest absolute Gasteiger partial charge is 0.455 e. The number of carbonyl (C=O) groups is 1. The van der Waals surface area contributed by atoms with Crippen molar-refractivity contribution in [3.63, 3.8) is 0 Å². The highest BCUT2D eigenvalue weighted by Gasteiger charge is 2.71. The highest BCUT2D eigenvalue weighted by Crippen LogP contribution is 2.50. The van der Waals surface area contributed by atoms with Gasteiger partial charge in [-0.05, 0) is 12.1 Å². The normalized spacial score (nSPS) is 17.6. The Kier molecular flexibility index (Phi) is 5.12. The summed E-state index contributed by atoms with van der Waals surface area (Å²) in [5, 5.41) is 7.43. The van der Waals surface area contributed by atoms with Crippen LogP contribution in [0, 0.1) is 0 Å². The molecule has 1 heterocycles. The molecule has 0 aliphatic carbocycles. The third-order valence-corrected chi connectivity index (χ3v) is 3.91. The summed E-state index contributed by atoms with van der Waals surface area (Å²) in [4.78, 5) is 15.5. The molecule has 0 fully saturated rings. The number of hydrogen-bond acceptors (Lipinski definition) is 4. The lowest BCUT2D eigenvalue weighted by Crippen LogP contribution is -2.53. The molecule has 0 bridgehead atoms. The van der Waals surface area contributed by atoms with Crippen LogP contribution in [0.1, 0.15) is 5.56 Å². The molecule has 0 radical (unpaired) electrons. The molecule has 1 atom stereocenters. The number of anilines is 1. The van der Waals surface area contributed by atoms with Crippen LogP contribution in [-0.2, 0) is 15.5 Å². The van der Waals surface area contributed by atoms with Gasteiger partial charge in [-0.25, -0.2) is 0 Å². The summed E-state index contributed by atoms with van der Waals surface area (Å²) >= 11 is 11.5. The van der Waals surface area contributed by atoms with E-state index < -0.39 is 39.5 Å². The van der Waals surface area contributed by atoms with E-state index in [4.69, 9.17) is 33.0 Å². The number of ether oxygens (including phenoxy) is 1. The lowest BCUT2D eigenvalue weighted by atomic mass is 10.00. The first-order valence-corrected chi connectivity index (χ1v) is 7.29. The number of halogens is 8. The average Bonchev–Trinajstić information content (AvgIpc) is 2.91. The Hall–Kier alpha value is -1.72. The smallest absolute Gasteiger partial charge is 0.454 e. The van der Waals surface area contributed by atoms with Crippen LogP contribution in [0.2, 0.25) is 10.0 Å². The van der Waals surface area contributed by atoms with Crippen LogP contribution in [0.4, 0.5) is 32.0 Å². The summed E-state index contributed by atoms with van der Waals surface area (Å²) in [6, 6.07) is 0.315. The van der Waals surface area contributed by atoms with E-state index in [1.807, 2.05) is 0 Å². The van der Waals surface area contributed by atoms with E-state index in [1.54, 1.807) is 0 Å². The number of amidine groups is 1. The molecule has 1 aliphatic rings. The molecular formula is C13H8Cl2F6N2O3. The first-order chi connectivity index (χ1) is 11.7. The van der Waals surface area contributed by atoms with Crippen LogP contribution < -0.4 is 4.90 Å². The Labute approximate surface area is 151 Å². The second kappa shape index (κ2) is 6.46. The number of amides is 1. The molecule has 1 aromatic carbocycles. The van der Waals surface area contributed by atoms with Gasteiger partial charge in [-0.1, -0.05) is 23.2 Å². The predicted octanol–water partition coefficient (Wildman–Crippen LogP) is 3.65. The van der Waals surface area contributed by atoms with Gasteiger partial charge in [0.25, 0.3) is 11.9 Å². The molecule has 0 aromatic heterocycles. The van der Waals surface area contributed by atoms with Gasteiger partial charge in [-0.15, -0.1) is 0 Å². The van der Waals surface area contributed by atoms with Crippen LogP contribution in [-0.4, -0.2) is 42.7 Å². The van der Waals surface area contributed by atoms with Gasteiger partial charge in [-0.3, -0.25) is 9.69 Å². The number of aliphatic imine (C=N–C) groups is 1. The monoisotopic (exact) mass is 424 g/mol. The van der Waals surface area contributed by atoms with Gasteiger partial charge in [0.15, 0.2) is 6.61 Å². The number of nitrogens with zero attached hydrogens (tertiary/aromatic N) is 2. The minimum Gasteiger partial charge on any atom is -0.454 e. The maximum absolute atomic E-state index is 13.9. The van der Waals surface area contributed by atoms with Crippen LogP contribution >= 0.6 is 23.2 Å². The number of rotatable bonds is 3. The van der Waals surface area contributed by atoms with Gasteiger partial charge < -0.3 is 9.84 Å². The van der Waals surface area contributed by atoms with Gasteiger partial charge in [-0.2, -0.15) is 31.3 Å². The third-order valence-electron chi connectivity index (χ3n) is 3.34. The maximum Gasteiger partial charge on any atom is 0.455 e. The van der Waals surface area contributed by atoms with Gasteiger partial charge in [0.2, 0.25) is 0 Å². The molecule has 5 nitrogen and oxygen atoms in total. The highest BCUT2D eigenvalue weighted by atomic mass is 35.5. The Bertz CT molecular complexity index is 759. The molecule has 1 N–H and O–H groups in total. The molecule has 1 aromatic rings. The van der Waals surface area contributed by atoms with Gasteiger partial charge in [0.05, 0.1) is 15.7 Å². The van der Waals surface area contributed by atoms with E-state index in [1.165, 1.54) is 7.05 Å². The average molecular weight is 425 g/mol. The van der Waals surface area contributed by atoms with Gasteiger partial charge >= 0.3 is 18.0 Å². The summed E-state index contributed by atoms with van der Waals surface area (Å²) in [6.45, 7) is -0.383. The van der Waals surface area contributed by atoms with Crippen LogP contribution in [0.3, 0.4) is 0 Å². The van der Waals surface area contributed by atoms with Crippen molar-refractivity contribution >= 4 is 40.8 Å². The summed E-state index contributed by atoms with van der Waals surface area (Å²) in [5.74, 6) is -11.9. The molecule has 1 unspecified atom stereocenters. The first kappa shape index (κ1) is 20.6. The maximum atomic E-state index is 13.9. The molecule has 26 heavy (non-hydrogen) atoms. The summed E-state index contributed by atoms with van der Waals surface area (Å²) < 4.78 is 83.4. The Balaban J connectivity index is 2.50. The number of carbonyl (C=O) groups excluding carboxylic acids is 1. The second-order valence-electron chi connectivity index (χ2n) is 5.12. The van der Waals surface area contributed by atoms with E-state index in [0.29, 0.717) is 12.1 Å². The van der Waals surface area contributed by atoms with Crippen LogP contribution in [0.25, 0.3) is 0 Å². The fourth-order valence-corrected chi connectivity index (χ4v) is 2.74. The minimum atomic E-state index is -6.28. The van der Waals surface area contributed by atoms with E-state index >= 15 is 0 Å². The third kappa shape index (κ3) is 3.30. The van der Waals surface area contributed by atoms with Crippen molar-refractivity contribution in [3.05, 3.63) is 27.7 Å². The summed E-state index contributed by atoms with van der Waals surface area (Å²) in [6.07, 6.45) is -6.28. The second-order valence-corrected chi connectivity index (χ2v) is 5.93. The predicted molar refractivity (Wildman–Crippen MR) is 79.3 cm³/mol. The van der Waals surface area contributed by atoms with E-state index in [2.05, 4.69) is 4.99 Å². The number of benzene rings is 1. The molecule has 0 saturated heterocycles. The van der Waals surface area contributed by atoms with E-state index in [-0.39, 0.29) is 18.3 Å². The fraction of sp³-hybridized carbons (Fsp3) is 0.385. The quantitative estimate of drug-likeness (QED) is 0.752. The first-order valence-electron chi connectivity index (χ1n) is 6.53. The summed E-state index contributed by atoms with van der Waals surface area (Å²) in [5.41, 5.74) is -1.85. The van der Waals surface area contributed by atoms with E-state index in [0.717, 1.165) is 4.90 Å². The van der Waals surface area contributed by atoms with Crippen molar-refractivity contribution in [2.24, 2.45) is 4.99 Å². The Morgan fingerprint density at radius 2 is 1.65 bits per heavy atom. The van der Waals surface area contributed by atoms with E-state index in [9.17, 15) is 31.1 Å². The number of aliphatic hydroxyl groups is 1. The van der Waals surface area contributed by atoms with Crippen molar-refractivity contribution in [2.75, 3.05) is 18.6 Å². The molecule has 0 spiro atoms. The van der Waals surface area contributed by atoms with Crippen molar-refractivity contribution in [2.45, 2.75) is 18.0 Å². The van der Waals surface area contributed by atoms with Crippen LogP contribution in [0.5, 0.6) is 0 Å². The zero-order valence-corrected chi connectivity index (χ0v) is 14.1. The fourth-order valence-electron chi connectivity index (χ4n) is 2.00. The zero-order valence-electron chi connectivity index (χ0n) is 12.5. The lowest BCUT2D eigenvalue weighted by molar-refractivity contribution is -0.390. The summed E-state index contributed by atoms with van der Waals surface area (Å²) in [7, 11) is 1.24. The van der Waals surface area contributed by atoms with Gasteiger partial charge in [0, 0.05) is 12.6 Å². The Morgan fingerprint density at radius 1 is 1.15 bits per heavy atom. The zero-order chi connectivity index (χ0) is 20.1. The van der Waals surface area contributed by atoms with Gasteiger partial charge in [0.1, 0.15) is 0 Å². The lowest BCUT2D eigenvalue weighted by Gasteiger charge is -2.31. The molecule has 13 heteroatoms. The minimum absolute atomic E-state index is 0.240. The molecule has 1 amide bonds. The van der Waals surface area contributed by atoms with Crippen molar-refractivity contribution < 1.29 is 41.0 Å². The van der Waals surface area contributed by atoms with Crippen molar-refractivity contribution in [3.8, 4) is 0 Å². The van der Waals surface area contributed by atoms with Crippen molar-refractivity contribution in [1.82, 2.24) is 0 Å². The Morgan fingerprint density at radius 3 is 2.04 bits per heavy atom. The van der Waals surface area contributed by atoms with Crippen LogP contribution in [0.15, 0.2) is 17.1 Å². The number of alkyl halides is 6. The molecule has 2 rings (SSSR count). The van der Waals surface area contributed by atoms with Crippen molar-refractivity contribution in [1.29, 1.82) is 0 Å². The topological polar surface area (TPSA) is 62.1 Å². The molecule has 144 valence electrons. The standard InChI is InChI=1S/C13H8Cl2F6N2O3/c1-23(10-22-8(24)4-26-10)9-6(14)2-5(3-7(9)15)11(16,17)12(18,25)13(19,20)21/h2-3,25H,4H2,1H3. The molecular weight excluding hydrogens is 417 g/mol. The highest BCUT2D eigenvalue weighted by molar-refractivity contribution is 6.40. The molecule has 0 saturated carbocycles. The SMILES string of the molecule is CN(C1=NC(=O)CO1)c1c(Cl)cc(C(F)(F)C(O)(F)C(F)(F)F)cc1Cl.